The topological polar surface area (TPSA) is 58.9 Å². The minimum absolute atomic E-state index is 0.157. The molecule has 4 heteroatoms. The van der Waals surface area contributed by atoms with E-state index in [-0.39, 0.29) is 17.7 Å². The second kappa shape index (κ2) is 5.02. The maximum absolute atomic E-state index is 10.1. The third-order valence-electron chi connectivity index (χ3n) is 2.52. The highest BCUT2D eigenvalue weighted by atomic mass is 16.5. The molecule has 0 heterocycles. The molecule has 0 aliphatic heterocycles. The lowest BCUT2D eigenvalue weighted by Crippen LogP contribution is -2.12. The second-order valence-corrected chi connectivity index (χ2v) is 4.84. The minimum Gasteiger partial charge on any atom is -0.508 e. The summed E-state index contributed by atoms with van der Waals surface area (Å²) in [5, 5.41) is 9.95. The lowest BCUT2D eigenvalue weighted by atomic mass is 9.85. The first-order valence-electron chi connectivity index (χ1n) is 5.34. The first-order chi connectivity index (χ1) is 7.90. The molecule has 0 aliphatic rings. The second-order valence-electron chi connectivity index (χ2n) is 4.84. The SMILES string of the molecule is COc1cc(C(C)(C)C)c(O)cc1CN=C=O. The molecule has 0 aromatic heterocycles. The van der Waals surface area contributed by atoms with E-state index in [0.717, 1.165) is 5.56 Å². The number of nitrogens with zero attached hydrogens (tertiary/aromatic N) is 1. The fraction of sp³-hybridized carbons (Fsp3) is 0.462. The zero-order valence-corrected chi connectivity index (χ0v) is 10.6. The van der Waals surface area contributed by atoms with Crippen molar-refractivity contribution in [3.05, 3.63) is 23.3 Å². The zero-order chi connectivity index (χ0) is 13.1. The molecule has 0 unspecified atom stereocenters. The van der Waals surface area contributed by atoms with Gasteiger partial charge >= 0.3 is 0 Å². The Morgan fingerprint density at radius 2 is 2.06 bits per heavy atom. The maximum atomic E-state index is 10.1. The number of phenolic OH excluding ortho intramolecular Hbond substituents is 1. The van der Waals surface area contributed by atoms with Crippen molar-refractivity contribution in [2.75, 3.05) is 7.11 Å². The molecule has 0 aliphatic carbocycles. The standard InChI is InChI=1S/C13H17NO3/c1-13(2,3)10-6-12(17-4)9(5-11(10)16)7-14-8-15/h5-6,16H,7H2,1-4H3. The number of hydrogen-bond acceptors (Lipinski definition) is 4. The van der Waals surface area contributed by atoms with Gasteiger partial charge in [0.05, 0.1) is 13.7 Å². The molecule has 0 bridgehead atoms. The smallest absolute Gasteiger partial charge is 0.235 e. The average Bonchev–Trinajstić information content (AvgIpc) is 2.24. The number of benzene rings is 1. The van der Waals surface area contributed by atoms with E-state index in [1.54, 1.807) is 19.2 Å². The summed E-state index contributed by atoms with van der Waals surface area (Å²) in [6.45, 7) is 6.17. The summed E-state index contributed by atoms with van der Waals surface area (Å²) in [5.41, 5.74) is 1.29. The van der Waals surface area contributed by atoms with Crippen molar-refractivity contribution in [1.29, 1.82) is 0 Å². The molecule has 0 saturated carbocycles. The number of rotatable bonds is 3. The Balaban J connectivity index is 3.29. The predicted molar refractivity (Wildman–Crippen MR) is 65.2 cm³/mol. The molecule has 0 radical (unpaired) electrons. The van der Waals surface area contributed by atoms with Gasteiger partial charge in [0.25, 0.3) is 0 Å². The lowest BCUT2D eigenvalue weighted by molar-refractivity contribution is 0.400. The van der Waals surface area contributed by atoms with Crippen LogP contribution in [0.15, 0.2) is 17.1 Å². The number of phenols is 1. The van der Waals surface area contributed by atoms with E-state index in [9.17, 15) is 9.90 Å². The van der Waals surface area contributed by atoms with Gasteiger partial charge in [0.15, 0.2) is 0 Å². The van der Waals surface area contributed by atoms with E-state index in [4.69, 9.17) is 4.74 Å². The number of hydrogen-bond donors (Lipinski definition) is 1. The van der Waals surface area contributed by atoms with Crippen LogP contribution < -0.4 is 4.74 Å². The van der Waals surface area contributed by atoms with Gasteiger partial charge in [-0.2, -0.15) is 0 Å². The molecule has 0 saturated heterocycles. The summed E-state index contributed by atoms with van der Waals surface area (Å²) < 4.78 is 5.23. The van der Waals surface area contributed by atoms with Crippen LogP contribution in [0.2, 0.25) is 0 Å². The number of aliphatic imine (C=N–C) groups is 1. The number of carbonyl (C=O) groups excluding carboxylic acids is 1. The summed E-state index contributed by atoms with van der Waals surface area (Å²) in [7, 11) is 1.55. The van der Waals surface area contributed by atoms with Gasteiger partial charge in [0, 0.05) is 11.1 Å². The van der Waals surface area contributed by atoms with E-state index in [1.807, 2.05) is 20.8 Å². The van der Waals surface area contributed by atoms with E-state index in [2.05, 4.69) is 4.99 Å². The van der Waals surface area contributed by atoms with Gasteiger partial charge < -0.3 is 9.84 Å². The van der Waals surface area contributed by atoms with Gasteiger partial charge in [-0.15, -0.1) is 0 Å². The highest BCUT2D eigenvalue weighted by Crippen LogP contribution is 2.36. The first-order valence-corrected chi connectivity index (χ1v) is 5.34. The van der Waals surface area contributed by atoms with Gasteiger partial charge in [-0.1, -0.05) is 20.8 Å². The minimum atomic E-state index is -0.177. The largest absolute Gasteiger partial charge is 0.508 e. The Morgan fingerprint density at radius 3 is 2.53 bits per heavy atom. The van der Waals surface area contributed by atoms with Crippen LogP contribution in [0, 0.1) is 0 Å². The van der Waals surface area contributed by atoms with Gasteiger partial charge in [0.1, 0.15) is 11.5 Å². The fourth-order valence-electron chi connectivity index (χ4n) is 1.64. The summed E-state index contributed by atoms with van der Waals surface area (Å²) in [5.74, 6) is 0.807. The molecule has 17 heavy (non-hydrogen) atoms. The Morgan fingerprint density at radius 1 is 1.41 bits per heavy atom. The third-order valence-corrected chi connectivity index (χ3v) is 2.52. The van der Waals surface area contributed by atoms with Crippen LogP contribution in [-0.4, -0.2) is 18.3 Å². The maximum Gasteiger partial charge on any atom is 0.235 e. The summed E-state index contributed by atoms with van der Waals surface area (Å²) in [6, 6.07) is 3.37. The molecule has 0 spiro atoms. The molecule has 0 atom stereocenters. The first kappa shape index (κ1) is 13.3. The van der Waals surface area contributed by atoms with Gasteiger partial charge in [0.2, 0.25) is 6.08 Å². The molecule has 92 valence electrons. The average molecular weight is 235 g/mol. The van der Waals surface area contributed by atoms with Gasteiger partial charge in [-0.05, 0) is 17.5 Å². The Kier molecular flexibility index (Phi) is 3.92. The summed E-state index contributed by atoms with van der Waals surface area (Å²) >= 11 is 0. The van der Waals surface area contributed by atoms with Crippen molar-refractivity contribution in [3.8, 4) is 11.5 Å². The quantitative estimate of drug-likeness (QED) is 0.647. The van der Waals surface area contributed by atoms with Crippen LogP contribution in [0.5, 0.6) is 11.5 Å². The zero-order valence-electron chi connectivity index (χ0n) is 10.6. The molecule has 1 aromatic carbocycles. The highest BCUT2D eigenvalue weighted by Gasteiger charge is 2.20. The van der Waals surface area contributed by atoms with Crippen LogP contribution in [0.3, 0.4) is 0 Å². The van der Waals surface area contributed by atoms with E-state index in [0.29, 0.717) is 11.3 Å². The molecule has 1 rings (SSSR count). The van der Waals surface area contributed by atoms with Crippen molar-refractivity contribution in [2.45, 2.75) is 32.7 Å². The summed E-state index contributed by atoms with van der Waals surface area (Å²) in [6.07, 6.45) is 1.47. The van der Waals surface area contributed by atoms with Crippen LogP contribution in [0.25, 0.3) is 0 Å². The molecule has 0 amide bonds. The Labute approximate surface area is 101 Å². The lowest BCUT2D eigenvalue weighted by Gasteiger charge is -2.22. The van der Waals surface area contributed by atoms with E-state index < -0.39 is 0 Å². The molecule has 4 nitrogen and oxygen atoms in total. The monoisotopic (exact) mass is 235 g/mol. The number of ether oxygens (including phenoxy) is 1. The van der Waals surface area contributed by atoms with Crippen LogP contribution in [0.4, 0.5) is 0 Å². The number of methoxy groups -OCH3 is 1. The number of aromatic hydroxyl groups is 1. The van der Waals surface area contributed by atoms with Crippen molar-refractivity contribution < 1.29 is 14.6 Å². The fourth-order valence-corrected chi connectivity index (χ4v) is 1.64. The normalized spacial score (nSPS) is 10.8. The molecular weight excluding hydrogens is 218 g/mol. The van der Waals surface area contributed by atoms with Crippen molar-refractivity contribution in [2.24, 2.45) is 4.99 Å². The van der Waals surface area contributed by atoms with E-state index >= 15 is 0 Å². The van der Waals surface area contributed by atoms with Crippen molar-refractivity contribution in [1.82, 2.24) is 0 Å². The number of isocyanates is 1. The van der Waals surface area contributed by atoms with Crippen LogP contribution >= 0.6 is 0 Å². The third kappa shape index (κ3) is 3.08. The molecule has 0 fully saturated rings. The van der Waals surface area contributed by atoms with Crippen LogP contribution in [-0.2, 0) is 16.8 Å². The summed E-state index contributed by atoms with van der Waals surface area (Å²) in [4.78, 5) is 13.6. The Hall–Kier alpha value is -1.80. The van der Waals surface area contributed by atoms with Gasteiger partial charge in [-0.3, -0.25) is 0 Å². The Bertz CT molecular complexity index is 454. The van der Waals surface area contributed by atoms with E-state index in [1.165, 1.54) is 6.08 Å². The van der Waals surface area contributed by atoms with Crippen molar-refractivity contribution in [3.63, 3.8) is 0 Å². The van der Waals surface area contributed by atoms with Crippen molar-refractivity contribution >= 4 is 6.08 Å². The molecule has 1 aromatic rings. The highest BCUT2D eigenvalue weighted by molar-refractivity contribution is 5.49. The molecular formula is C13H17NO3. The van der Waals surface area contributed by atoms with Crippen LogP contribution in [0.1, 0.15) is 31.9 Å². The van der Waals surface area contributed by atoms with Gasteiger partial charge in [-0.25, -0.2) is 9.79 Å². The predicted octanol–water partition coefficient (Wildman–Crippen LogP) is 2.53. The molecule has 1 N–H and O–H groups in total.